The number of aromatic amines is 1. The Morgan fingerprint density at radius 1 is 1.39 bits per heavy atom. The molecule has 2 rings (SSSR count). The molecule has 4 nitrogen and oxygen atoms in total. The molecular formula is C13H17N3OS. The number of nitrogens with one attached hydrogen (secondary N) is 1. The molecule has 0 radical (unpaired) electrons. The van der Waals surface area contributed by atoms with Gasteiger partial charge in [-0.3, -0.25) is 5.10 Å². The Labute approximate surface area is 111 Å². The van der Waals surface area contributed by atoms with Crippen LogP contribution in [0.15, 0.2) is 29.4 Å². The average Bonchev–Trinajstić information content (AvgIpc) is 2.85. The van der Waals surface area contributed by atoms with Crippen molar-refractivity contribution in [3.05, 3.63) is 35.7 Å². The van der Waals surface area contributed by atoms with Crippen LogP contribution in [0.25, 0.3) is 0 Å². The highest BCUT2D eigenvalue weighted by atomic mass is 32.2. The summed E-state index contributed by atoms with van der Waals surface area (Å²) in [7, 11) is 1.68. The summed E-state index contributed by atoms with van der Waals surface area (Å²) in [6.45, 7) is 2.13. The lowest BCUT2D eigenvalue weighted by Crippen LogP contribution is -1.86. The Balaban J connectivity index is 1.93. The highest BCUT2D eigenvalue weighted by Crippen LogP contribution is 2.21. The first-order valence-electron chi connectivity index (χ1n) is 5.99. The lowest BCUT2D eigenvalue weighted by Gasteiger charge is -2.02. The summed E-state index contributed by atoms with van der Waals surface area (Å²) >= 11 is 1.63. The standard InChI is InChI=1S/C13H17N3OS/c1-3-5-12-14-13(16-15-12)18-9-10-6-4-7-11(8-10)17-2/h4,6-8H,3,5,9H2,1-2H3,(H,14,15,16). The zero-order valence-electron chi connectivity index (χ0n) is 10.6. The van der Waals surface area contributed by atoms with E-state index in [1.165, 1.54) is 5.56 Å². The minimum Gasteiger partial charge on any atom is -0.497 e. The highest BCUT2D eigenvalue weighted by molar-refractivity contribution is 7.98. The van der Waals surface area contributed by atoms with Gasteiger partial charge in [0.05, 0.1) is 7.11 Å². The number of thioether (sulfide) groups is 1. The van der Waals surface area contributed by atoms with Crippen LogP contribution in [0.3, 0.4) is 0 Å². The van der Waals surface area contributed by atoms with E-state index in [1.54, 1.807) is 18.9 Å². The topological polar surface area (TPSA) is 50.8 Å². The first-order valence-corrected chi connectivity index (χ1v) is 6.97. The first kappa shape index (κ1) is 13.0. The van der Waals surface area contributed by atoms with Crippen LogP contribution >= 0.6 is 11.8 Å². The Bertz CT molecular complexity index is 498. The maximum Gasteiger partial charge on any atom is 0.208 e. The van der Waals surface area contributed by atoms with E-state index in [4.69, 9.17) is 4.74 Å². The molecule has 0 atom stereocenters. The molecule has 0 aliphatic carbocycles. The van der Waals surface area contributed by atoms with E-state index in [0.717, 1.165) is 35.3 Å². The average molecular weight is 263 g/mol. The Hall–Kier alpha value is -1.49. The fourth-order valence-corrected chi connectivity index (χ4v) is 2.36. The van der Waals surface area contributed by atoms with Crippen LogP contribution < -0.4 is 4.74 Å². The molecule has 0 amide bonds. The van der Waals surface area contributed by atoms with Crippen LogP contribution in [0.1, 0.15) is 24.7 Å². The van der Waals surface area contributed by atoms with Gasteiger partial charge in [-0.05, 0) is 24.1 Å². The van der Waals surface area contributed by atoms with Crippen LogP contribution in [-0.4, -0.2) is 22.3 Å². The molecule has 0 bridgehead atoms. The number of benzene rings is 1. The van der Waals surface area contributed by atoms with Crippen molar-refractivity contribution in [2.75, 3.05) is 7.11 Å². The number of hydrogen-bond donors (Lipinski definition) is 1. The zero-order chi connectivity index (χ0) is 12.8. The van der Waals surface area contributed by atoms with Gasteiger partial charge in [-0.15, -0.1) is 5.10 Å². The number of methoxy groups -OCH3 is 1. The van der Waals surface area contributed by atoms with Crippen molar-refractivity contribution < 1.29 is 4.74 Å². The highest BCUT2D eigenvalue weighted by Gasteiger charge is 2.04. The fourth-order valence-electron chi connectivity index (χ4n) is 1.60. The third kappa shape index (κ3) is 3.50. The van der Waals surface area contributed by atoms with Gasteiger partial charge in [-0.25, -0.2) is 4.98 Å². The van der Waals surface area contributed by atoms with Crippen LogP contribution in [-0.2, 0) is 12.2 Å². The van der Waals surface area contributed by atoms with Crippen molar-refractivity contribution in [1.82, 2.24) is 15.2 Å². The van der Waals surface area contributed by atoms with E-state index in [1.807, 2.05) is 18.2 Å². The SMILES string of the molecule is CCCc1nc(SCc2cccc(OC)c2)n[nH]1. The number of hydrogen-bond acceptors (Lipinski definition) is 4. The van der Waals surface area contributed by atoms with Gasteiger partial charge in [0.2, 0.25) is 5.16 Å². The molecule has 1 heterocycles. The maximum atomic E-state index is 5.20. The number of rotatable bonds is 6. The molecule has 0 unspecified atom stereocenters. The molecule has 96 valence electrons. The lowest BCUT2D eigenvalue weighted by molar-refractivity contribution is 0.414. The van der Waals surface area contributed by atoms with Crippen molar-refractivity contribution in [3.63, 3.8) is 0 Å². The van der Waals surface area contributed by atoms with Crippen molar-refractivity contribution in [2.45, 2.75) is 30.7 Å². The van der Waals surface area contributed by atoms with Crippen molar-refractivity contribution >= 4 is 11.8 Å². The second kappa shape index (κ2) is 6.44. The molecule has 1 aromatic carbocycles. The Kier molecular flexibility index (Phi) is 4.64. The summed E-state index contributed by atoms with van der Waals surface area (Å²) in [5, 5.41) is 7.95. The number of nitrogens with zero attached hydrogens (tertiary/aromatic N) is 2. The van der Waals surface area contributed by atoms with Crippen LogP contribution in [0.5, 0.6) is 5.75 Å². The normalized spacial score (nSPS) is 10.6. The van der Waals surface area contributed by atoms with Gasteiger partial charge < -0.3 is 4.74 Å². The van der Waals surface area contributed by atoms with Crippen LogP contribution in [0, 0.1) is 0 Å². The smallest absolute Gasteiger partial charge is 0.208 e. The molecule has 0 saturated heterocycles. The largest absolute Gasteiger partial charge is 0.497 e. The molecule has 2 aromatic rings. The number of aryl methyl sites for hydroxylation is 1. The van der Waals surface area contributed by atoms with E-state index >= 15 is 0 Å². The molecule has 18 heavy (non-hydrogen) atoms. The minimum absolute atomic E-state index is 0.807. The van der Waals surface area contributed by atoms with Gasteiger partial charge in [0, 0.05) is 12.2 Å². The summed E-state index contributed by atoms with van der Waals surface area (Å²) in [4.78, 5) is 4.42. The van der Waals surface area contributed by atoms with Gasteiger partial charge in [0.25, 0.3) is 0 Å². The molecule has 0 aliphatic rings. The minimum atomic E-state index is 0.807. The molecular weight excluding hydrogens is 246 g/mol. The van der Waals surface area contributed by atoms with Crippen LogP contribution in [0.2, 0.25) is 0 Å². The summed E-state index contributed by atoms with van der Waals surface area (Å²) in [6, 6.07) is 8.05. The van der Waals surface area contributed by atoms with Gasteiger partial charge in [-0.1, -0.05) is 30.8 Å². The Morgan fingerprint density at radius 3 is 3.06 bits per heavy atom. The fraction of sp³-hybridized carbons (Fsp3) is 0.385. The molecule has 1 N–H and O–H groups in total. The van der Waals surface area contributed by atoms with E-state index in [-0.39, 0.29) is 0 Å². The molecule has 0 saturated carbocycles. The van der Waals surface area contributed by atoms with E-state index in [0.29, 0.717) is 0 Å². The zero-order valence-corrected chi connectivity index (χ0v) is 11.5. The van der Waals surface area contributed by atoms with E-state index in [9.17, 15) is 0 Å². The second-order valence-electron chi connectivity index (χ2n) is 3.95. The van der Waals surface area contributed by atoms with E-state index < -0.39 is 0 Å². The summed E-state index contributed by atoms with van der Waals surface area (Å²) in [6.07, 6.45) is 2.03. The summed E-state index contributed by atoms with van der Waals surface area (Å²) < 4.78 is 5.20. The quantitative estimate of drug-likeness (QED) is 0.814. The predicted molar refractivity (Wildman–Crippen MR) is 72.9 cm³/mol. The number of aromatic nitrogens is 3. The van der Waals surface area contributed by atoms with Crippen molar-refractivity contribution in [2.24, 2.45) is 0 Å². The summed E-state index contributed by atoms with van der Waals surface area (Å²) in [5.74, 6) is 2.70. The molecule has 5 heteroatoms. The summed E-state index contributed by atoms with van der Waals surface area (Å²) in [5.41, 5.74) is 1.21. The molecule has 0 aliphatic heterocycles. The van der Waals surface area contributed by atoms with Crippen molar-refractivity contribution in [1.29, 1.82) is 0 Å². The molecule has 0 fully saturated rings. The van der Waals surface area contributed by atoms with Gasteiger partial charge in [-0.2, -0.15) is 0 Å². The van der Waals surface area contributed by atoms with Gasteiger partial charge >= 0.3 is 0 Å². The monoisotopic (exact) mass is 263 g/mol. The first-order chi connectivity index (χ1) is 8.81. The van der Waals surface area contributed by atoms with Gasteiger partial charge in [0.15, 0.2) is 0 Å². The van der Waals surface area contributed by atoms with E-state index in [2.05, 4.69) is 28.2 Å². The third-order valence-electron chi connectivity index (χ3n) is 2.50. The number of H-pyrrole nitrogens is 1. The lowest BCUT2D eigenvalue weighted by atomic mass is 10.2. The maximum absolute atomic E-state index is 5.20. The predicted octanol–water partition coefficient (Wildman–Crippen LogP) is 3.06. The van der Waals surface area contributed by atoms with Crippen molar-refractivity contribution in [3.8, 4) is 5.75 Å². The molecule has 0 spiro atoms. The van der Waals surface area contributed by atoms with Crippen LogP contribution in [0.4, 0.5) is 0 Å². The molecule has 1 aromatic heterocycles. The third-order valence-corrected chi connectivity index (χ3v) is 3.42. The number of ether oxygens (including phenoxy) is 1. The second-order valence-corrected chi connectivity index (χ2v) is 4.90. The van der Waals surface area contributed by atoms with Gasteiger partial charge in [0.1, 0.15) is 11.6 Å². The Morgan fingerprint density at radius 2 is 2.28 bits per heavy atom.